The van der Waals surface area contributed by atoms with E-state index < -0.39 is 6.29 Å². The molecule has 1 heterocycles. The molecule has 2 N–H and O–H groups in total. The lowest BCUT2D eigenvalue weighted by molar-refractivity contribution is -0.0280. The summed E-state index contributed by atoms with van der Waals surface area (Å²) >= 11 is 0. The lowest BCUT2D eigenvalue weighted by Gasteiger charge is -2.18. The van der Waals surface area contributed by atoms with Gasteiger partial charge in [-0.05, 0) is 17.7 Å². The Hall–Kier alpha value is -1.74. The number of allylic oxidation sites excluding steroid dienone is 2. The third-order valence-corrected chi connectivity index (χ3v) is 2.17. The molecule has 0 aromatic heterocycles. The van der Waals surface area contributed by atoms with Gasteiger partial charge < -0.3 is 15.2 Å². The van der Waals surface area contributed by atoms with Gasteiger partial charge >= 0.3 is 0 Å². The fourth-order valence-corrected chi connectivity index (χ4v) is 1.36. The molecule has 1 unspecified atom stereocenters. The van der Waals surface area contributed by atoms with Gasteiger partial charge in [-0.25, -0.2) is 0 Å². The summed E-state index contributed by atoms with van der Waals surface area (Å²) in [5, 5.41) is 12.6. The van der Waals surface area contributed by atoms with Crippen molar-refractivity contribution in [3.63, 3.8) is 0 Å². The summed E-state index contributed by atoms with van der Waals surface area (Å²) in [7, 11) is 0. The zero-order valence-electron chi connectivity index (χ0n) is 8.26. The van der Waals surface area contributed by atoms with E-state index in [2.05, 4.69) is 5.32 Å². The van der Waals surface area contributed by atoms with E-state index in [-0.39, 0.29) is 0 Å². The molecule has 1 aliphatic heterocycles. The second-order valence-corrected chi connectivity index (χ2v) is 3.28. The number of rotatable bonds is 3. The van der Waals surface area contributed by atoms with E-state index >= 15 is 0 Å². The number of aliphatic hydroxyl groups is 1. The van der Waals surface area contributed by atoms with Crippen LogP contribution in [-0.4, -0.2) is 11.4 Å². The molecule has 3 heteroatoms. The highest BCUT2D eigenvalue weighted by atomic mass is 16.6. The highest BCUT2D eigenvalue weighted by Crippen LogP contribution is 2.08. The van der Waals surface area contributed by atoms with Gasteiger partial charge in [0.25, 0.3) is 0 Å². The minimum Gasteiger partial charge on any atom is -0.467 e. The molecular formula is C12H13NO2. The predicted octanol–water partition coefficient (Wildman–Crippen LogP) is 1.52. The van der Waals surface area contributed by atoms with E-state index in [0.717, 1.165) is 0 Å². The van der Waals surface area contributed by atoms with E-state index in [9.17, 15) is 5.11 Å². The van der Waals surface area contributed by atoms with E-state index in [1.54, 1.807) is 12.2 Å². The number of nitrogens with one attached hydrogen (secondary N) is 1. The number of aliphatic hydroxyl groups excluding tert-OH is 1. The Morgan fingerprint density at radius 1 is 1.27 bits per heavy atom. The van der Waals surface area contributed by atoms with Crippen LogP contribution < -0.4 is 5.32 Å². The van der Waals surface area contributed by atoms with Crippen molar-refractivity contribution in [1.29, 1.82) is 0 Å². The molecule has 0 saturated heterocycles. The van der Waals surface area contributed by atoms with Gasteiger partial charge in [0.05, 0.1) is 12.0 Å². The molecule has 1 aliphatic rings. The van der Waals surface area contributed by atoms with E-state index in [0.29, 0.717) is 12.2 Å². The van der Waals surface area contributed by atoms with Crippen LogP contribution in [0.25, 0.3) is 0 Å². The summed E-state index contributed by atoms with van der Waals surface area (Å²) in [6.45, 7) is 0.681. The van der Waals surface area contributed by atoms with Crippen molar-refractivity contribution in [3.05, 3.63) is 60.0 Å². The smallest absolute Gasteiger partial charge is 0.237 e. The molecule has 78 valence electrons. The van der Waals surface area contributed by atoms with Crippen molar-refractivity contribution in [2.75, 3.05) is 0 Å². The SMILES string of the molecule is OC1OC=CC=C1NCc1ccccc1. The zero-order chi connectivity index (χ0) is 10.5. The number of benzene rings is 1. The first-order valence-corrected chi connectivity index (χ1v) is 4.84. The summed E-state index contributed by atoms with van der Waals surface area (Å²) < 4.78 is 4.92. The van der Waals surface area contributed by atoms with Crippen LogP contribution in [0.15, 0.2) is 54.4 Å². The topological polar surface area (TPSA) is 41.5 Å². The van der Waals surface area contributed by atoms with E-state index in [1.807, 2.05) is 30.3 Å². The quantitative estimate of drug-likeness (QED) is 0.782. The Kier molecular flexibility index (Phi) is 3.05. The molecule has 15 heavy (non-hydrogen) atoms. The molecule has 0 radical (unpaired) electrons. The van der Waals surface area contributed by atoms with Crippen LogP contribution in [0.4, 0.5) is 0 Å². The van der Waals surface area contributed by atoms with Gasteiger partial charge in [0.15, 0.2) is 0 Å². The van der Waals surface area contributed by atoms with Crippen LogP contribution in [0, 0.1) is 0 Å². The monoisotopic (exact) mass is 203 g/mol. The normalized spacial score (nSPS) is 19.3. The van der Waals surface area contributed by atoms with Gasteiger partial charge in [-0.2, -0.15) is 0 Å². The second-order valence-electron chi connectivity index (χ2n) is 3.28. The average Bonchev–Trinajstić information content (AvgIpc) is 2.29. The van der Waals surface area contributed by atoms with Gasteiger partial charge in [0.1, 0.15) is 0 Å². The van der Waals surface area contributed by atoms with Gasteiger partial charge in [0, 0.05) is 6.54 Å². The molecule has 0 bridgehead atoms. The fraction of sp³-hybridized carbons (Fsp3) is 0.167. The van der Waals surface area contributed by atoms with Crippen LogP contribution >= 0.6 is 0 Å². The first kappa shape index (κ1) is 9.80. The van der Waals surface area contributed by atoms with Crippen molar-refractivity contribution in [1.82, 2.24) is 5.32 Å². The number of hydrogen-bond donors (Lipinski definition) is 2. The number of ether oxygens (including phenoxy) is 1. The van der Waals surface area contributed by atoms with Crippen LogP contribution in [0.2, 0.25) is 0 Å². The standard InChI is InChI=1S/C12H13NO2/c14-12-11(7-4-8-15-12)13-9-10-5-2-1-3-6-10/h1-8,12-14H,9H2. The van der Waals surface area contributed by atoms with Gasteiger partial charge in [-0.15, -0.1) is 0 Å². The highest BCUT2D eigenvalue weighted by Gasteiger charge is 2.11. The summed E-state index contributed by atoms with van der Waals surface area (Å²) in [5.74, 6) is 0. The Balaban J connectivity index is 1.93. The maximum Gasteiger partial charge on any atom is 0.237 e. The highest BCUT2D eigenvalue weighted by molar-refractivity contribution is 5.19. The molecule has 1 aromatic rings. The third kappa shape index (κ3) is 2.60. The summed E-state index contributed by atoms with van der Waals surface area (Å²) in [6, 6.07) is 10.0. The van der Waals surface area contributed by atoms with Crippen LogP contribution in [0.3, 0.4) is 0 Å². The molecule has 0 aliphatic carbocycles. The van der Waals surface area contributed by atoms with Crippen molar-refractivity contribution >= 4 is 0 Å². The van der Waals surface area contributed by atoms with Crippen LogP contribution in [-0.2, 0) is 11.3 Å². The molecule has 1 aromatic carbocycles. The lowest BCUT2D eigenvalue weighted by Crippen LogP contribution is -2.26. The predicted molar refractivity (Wildman–Crippen MR) is 57.6 cm³/mol. The maximum absolute atomic E-state index is 9.44. The molecule has 2 rings (SSSR count). The molecule has 0 amide bonds. The molecule has 0 spiro atoms. The van der Waals surface area contributed by atoms with Crippen LogP contribution in [0.5, 0.6) is 0 Å². The zero-order valence-corrected chi connectivity index (χ0v) is 8.26. The Bertz CT molecular complexity index is 370. The minimum atomic E-state index is -0.876. The van der Waals surface area contributed by atoms with E-state index in [1.165, 1.54) is 11.8 Å². The van der Waals surface area contributed by atoms with Crippen molar-refractivity contribution in [3.8, 4) is 0 Å². The van der Waals surface area contributed by atoms with Gasteiger partial charge in [-0.3, -0.25) is 0 Å². The lowest BCUT2D eigenvalue weighted by atomic mass is 10.2. The van der Waals surface area contributed by atoms with Gasteiger partial charge in [0.2, 0.25) is 6.29 Å². The largest absolute Gasteiger partial charge is 0.467 e. The first-order chi connectivity index (χ1) is 7.36. The third-order valence-electron chi connectivity index (χ3n) is 2.17. The fourth-order valence-electron chi connectivity index (χ4n) is 1.36. The van der Waals surface area contributed by atoms with Gasteiger partial charge in [-0.1, -0.05) is 30.3 Å². The summed E-state index contributed by atoms with van der Waals surface area (Å²) in [6.07, 6.45) is 4.15. The molecule has 3 nitrogen and oxygen atoms in total. The minimum absolute atomic E-state index is 0.681. The van der Waals surface area contributed by atoms with Crippen molar-refractivity contribution < 1.29 is 9.84 Å². The molecule has 0 fully saturated rings. The average molecular weight is 203 g/mol. The molecular weight excluding hydrogens is 190 g/mol. The van der Waals surface area contributed by atoms with E-state index in [4.69, 9.17) is 4.74 Å². The summed E-state index contributed by atoms with van der Waals surface area (Å²) in [5.41, 5.74) is 1.85. The van der Waals surface area contributed by atoms with Crippen LogP contribution in [0.1, 0.15) is 5.56 Å². The first-order valence-electron chi connectivity index (χ1n) is 4.84. The van der Waals surface area contributed by atoms with Crippen molar-refractivity contribution in [2.24, 2.45) is 0 Å². The molecule has 0 saturated carbocycles. The molecule has 1 atom stereocenters. The Labute approximate surface area is 88.7 Å². The maximum atomic E-state index is 9.44. The second kappa shape index (κ2) is 4.66. The Morgan fingerprint density at radius 2 is 2.07 bits per heavy atom. The number of hydrogen-bond acceptors (Lipinski definition) is 3. The van der Waals surface area contributed by atoms with Crippen molar-refractivity contribution in [2.45, 2.75) is 12.8 Å². The Morgan fingerprint density at radius 3 is 2.80 bits per heavy atom. The summed E-state index contributed by atoms with van der Waals surface area (Å²) in [4.78, 5) is 0.